The van der Waals surface area contributed by atoms with Crippen LogP contribution in [-0.2, 0) is 16.0 Å². The van der Waals surface area contributed by atoms with Gasteiger partial charge in [0.2, 0.25) is 5.91 Å². The Labute approximate surface area is 144 Å². The van der Waals surface area contributed by atoms with Crippen molar-refractivity contribution in [2.75, 3.05) is 10.6 Å². The van der Waals surface area contributed by atoms with E-state index in [1.54, 1.807) is 17.4 Å². The molecule has 0 aliphatic rings. The molecule has 126 valence electrons. The lowest BCUT2D eigenvalue weighted by atomic mass is 10.1. The number of rotatable bonds is 4. The van der Waals surface area contributed by atoms with Gasteiger partial charge in [0.15, 0.2) is 0 Å². The third-order valence-corrected chi connectivity index (χ3v) is 3.49. The summed E-state index contributed by atoms with van der Waals surface area (Å²) < 4.78 is 37.3. The maximum absolute atomic E-state index is 12.1. The molecule has 0 radical (unpaired) electrons. The fourth-order valence-electron chi connectivity index (χ4n) is 1.83. The molecule has 0 aromatic heterocycles. The summed E-state index contributed by atoms with van der Waals surface area (Å²) in [5.41, 5.74) is 1.23. The van der Waals surface area contributed by atoms with Gasteiger partial charge in [-0.25, -0.2) is 0 Å². The van der Waals surface area contributed by atoms with Crippen LogP contribution in [0.1, 0.15) is 5.56 Å². The Balaban J connectivity index is 1.92. The van der Waals surface area contributed by atoms with Gasteiger partial charge >= 0.3 is 12.1 Å². The molecular formula is C16H12BrF3N2O2. The summed E-state index contributed by atoms with van der Waals surface area (Å²) in [6.07, 6.45) is -4.78. The van der Waals surface area contributed by atoms with Gasteiger partial charge < -0.3 is 10.6 Å². The van der Waals surface area contributed by atoms with E-state index in [0.29, 0.717) is 5.69 Å². The standard InChI is InChI=1S/C16H12BrF3N2O2/c17-11-3-1-10(2-4-11)9-14(23)21-12-5-7-13(8-6-12)22-15(24)16(18,19)20/h1-8H,9H2,(H,21,23)(H,22,24). The van der Waals surface area contributed by atoms with Crippen molar-refractivity contribution in [3.63, 3.8) is 0 Å². The van der Waals surface area contributed by atoms with Crippen LogP contribution in [0.25, 0.3) is 0 Å². The topological polar surface area (TPSA) is 58.2 Å². The molecule has 0 saturated carbocycles. The van der Waals surface area contributed by atoms with Crippen LogP contribution in [0.2, 0.25) is 0 Å². The van der Waals surface area contributed by atoms with Crippen molar-refractivity contribution in [1.82, 2.24) is 0 Å². The molecule has 2 N–H and O–H groups in total. The largest absolute Gasteiger partial charge is 0.471 e. The highest BCUT2D eigenvalue weighted by molar-refractivity contribution is 9.10. The molecular weight excluding hydrogens is 389 g/mol. The molecule has 0 aliphatic heterocycles. The zero-order chi connectivity index (χ0) is 17.7. The molecule has 4 nitrogen and oxygen atoms in total. The number of hydrogen-bond acceptors (Lipinski definition) is 2. The van der Waals surface area contributed by atoms with Gasteiger partial charge in [-0.3, -0.25) is 9.59 Å². The second kappa shape index (κ2) is 7.48. The van der Waals surface area contributed by atoms with E-state index >= 15 is 0 Å². The number of halogens is 4. The first kappa shape index (κ1) is 18.0. The number of nitrogens with one attached hydrogen (secondary N) is 2. The minimum atomic E-state index is -4.95. The molecule has 0 aliphatic carbocycles. The van der Waals surface area contributed by atoms with Crippen LogP contribution >= 0.6 is 15.9 Å². The molecule has 0 saturated heterocycles. The SMILES string of the molecule is O=C(Cc1ccc(Br)cc1)Nc1ccc(NC(=O)C(F)(F)F)cc1. The number of amides is 2. The molecule has 0 heterocycles. The van der Waals surface area contributed by atoms with Crippen molar-refractivity contribution in [3.05, 3.63) is 58.6 Å². The van der Waals surface area contributed by atoms with E-state index in [1.807, 2.05) is 12.1 Å². The first-order valence-electron chi connectivity index (χ1n) is 6.76. The molecule has 0 atom stereocenters. The summed E-state index contributed by atoms with van der Waals surface area (Å²) in [7, 11) is 0. The quantitative estimate of drug-likeness (QED) is 0.810. The summed E-state index contributed by atoms with van der Waals surface area (Å²) in [6.45, 7) is 0. The molecule has 8 heteroatoms. The molecule has 2 rings (SSSR count). The molecule has 2 aromatic rings. The van der Waals surface area contributed by atoms with Crippen LogP contribution in [0.5, 0.6) is 0 Å². The number of anilines is 2. The zero-order valence-corrected chi connectivity index (χ0v) is 13.7. The van der Waals surface area contributed by atoms with Crippen molar-refractivity contribution >= 4 is 39.1 Å². The minimum absolute atomic E-state index is 0.0109. The third kappa shape index (κ3) is 5.38. The van der Waals surface area contributed by atoms with Gasteiger partial charge in [-0.1, -0.05) is 28.1 Å². The third-order valence-electron chi connectivity index (χ3n) is 2.96. The minimum Gasteiger partial charge on any atom is -0.326 e. The number of carbonyl (C=O) groups excluding carboxylic acids is 2. The lowest BCUT2D eigenvalue weighted by Crippen LogP contribution is -2.29. The Morgan fingerprint density at radius 3 is 1.88 bits per heavy atom. The van der Waals surface area contributed by atoms with E-state index in [9.17, 15) is 22.8 Å². The number of hydrogen-bond donors (Lipinski definition) is 2. The highest BCUT2D eigenvalue weighted by Crippen LogP contribution is 2.20. The van der Waals surface area contributed by atoms with E-state index in [-0.39, 0.29) is 18.0 Å². The predicted molar refractivity (Wildman–Crippen MR) is 87.6 cm³/mol. The predicted octanol–water partition coefficient (Wildman–Crippen LogP) is 4.13. The first-order chi connectivity index (χ1) is 11.2. The van der Waals surface area contributed by atoms with Gasteiger partial charge in [-0.05, 0) is 42.0 Å². The molecule has 2 amide bonds. The van der Waals surface area contributed by atoms with E-state index in [0.717, 1.165) is 10.0 Å². The van der Waals surface area contributed by atoms with Crippen molar-refractivity contribution < 1.29 is 22.8 Å². The maximum Gasteiger partial charge on any atom is 0.471 e. The van der Waals surface area contributed by atoms with Gasteiger partial charge in [0, 0.05) is 15.8 Å². The Bertz CT molecular complexity index is 728. The molecule has 24 heavy (non-hydrogen) atoms. The average molecular weight is 401 g/mol. The first-order valence-corrected chi connectivity index (χ1v) is 7.56. The molecule has 0 unspecified atom stereocenters. The summed E-state index contributed by atoms with van der Waals surface area (Å²) in [5.74, 6) is -2.31. The van der Waals surface area contributed by atoms with Gasteiger partial charge in [0.25, 0.3) is 0 Å². The normalized spacial score (nSPS) is 11.0. The van der Waals surface area contributed by atoms with Crippen molar-refractivity contribution in [2.45, 2.75) is 12.6 Å². The molecule has 0 spiro atoms. The highest BCUT2D eigenvalue weighted by atomic mass is 79.9. The summed E-state index contributed by atoms with van der Waals surface area (Å²) in [6, 6.07) is 12.6. The number of carbonyl (C=O) groups is 2. The van der Waals surface area contributed by atoms with Crippen LogP contribution < -0.4 is 10.6 Å². The van der Waals surface area contributed by atoms with Crippen LogP contribution in [-0.4, -0.2) is 18.0 Å². The monoisotopic (exact) mass is 400 g/mol. The number of benzene rings is 2. The van der Waals surface area contributed by atoms with Crippen LogP contribution in [0.4, 0.5) is 24.5 Å². The van der Waals surface area contributed by atoms with Gasteiger partial charge in [-0.15, -0.1) is 0 Å². The van der Waals surface area contributed by atoms with E-state index in [4.69, 9.17) is 0 Å². The van der Waals surface area contributed by atoms with E-state index < -0.39 is 12.1 Å². The lowest BCUT2D eigenvalue weighted by molar-refractivity contribution is -0.167. The fraction of sp³-hybridized carbons (Fsp3) is 0.125. The highest BCUT2D eigenvalue weighted by Gasteiger charge is 2.38. The van der Waals surface area contributed by atoms with Gasteiger partial charge in [-0.2, -0.15) is 13.2 Å². The summed E-state index contributed by atoms with van der Waals surface area (Å²) in [5, 5.41) is 4.36. The smallest absolute Gasteiger partial charge is 0.326 e. The van der Waals surface area contributed by atoms with Gasteiger partial charge in [0.05, 0.1) is 6.42 Å². The van der Waals surface area contributed by atoms with Crippen molar-refractivity contribution in [3.8, 4) is 0 Å². The molecule has 0 bridgehead atoms. The molecule has 0 fully saturated rings. The van der Waals surface area contributed by atoms with Gasteiger partial charge in [0.1, 0.15) is 0 Å². The summed E-state index contributed by atoms with van der Waals surface area (Å²) >= 11 is 3.30. The van der Waals surface area contributed by atoms with E-state index in [2.05, 4.69) is 21.2 Å². The fourth-order valence-corrected chi connectivity index (χ4v) is 2.10. The maximum atomic E-state index is 12.1. The van der Waals surface area contributed by atoms with Crippen LogP contribution in [0.3, 0.4) is 0 Å². The number of alkyl halides is 3. The van der Waals surface area contributed by atoms with Crippen molar-refractivity contribution in [2.24, 2.45) is 0 Å². The summed E-state index contributed by atoms with van der Waals surface area (Å²) in [4.78, 5) is 22.7. The van der Waals surface area contributed by atoms with E-state index in [1.165, 1.54) is 24.3 Å². The second-order valence-corrected chi connectivity index (χ2v) is 5.80. The van der Waals surface area contributed by atoms with Crippen LogP contribution in [0.15, 0.2) is 53.0 Å². The Kier molecular flexibility index (Phi) is 5.61. The Morgan fingerprint density at radius 2 is 1.38 bits per heavy atom. The Hall–Kier alpha value is -2.35. The average Bonchev–Trinajstić information content (AvgIpc) is 2.50. The lowest BCUT2D eigenvalue weighted by Gasteiger charge is -2.09. The second-order valence-electron chi connectivity index (χ2n) is 4.88. The Morgan fingerprint density at radius 1 is 0.875 bits per heavy atom. The van der Waals surface area contributed by atoms with Crippen LogP contribution in [0, 0.1) is 0 Å². The molecule has 2 aromatic carbocycles. The zero-order valence-electron chi connectivity index (χ0n) is 12.2. The van der Waals surface area contributed by atoms with Crippen molar-refractivity contribution in [1.29, 1.82) is 0 Å².